The third-order valence-electron chi connectivity index (χ3n) is 2.37. The summed E-state index contributed by atoms with van der Waals surface area (Å²) in [6.45, 7) is 4.35. The van der Waals surface area contributed by atoms with Crippen molar-refractivity contribution in [3.63, 3.8) is 0 Å². The van der Waals surface area contributed by atoms with Gasteiger partial charge in [0, 0.05) is 6.54 Å². The SMILES string of the molecule is CC(C#N)N1CCn2ncnc2C1. The molecule has 0 aromatic carbocycles. The Morgan fingerprint density at radius 2 is 2.46 bits per heavy atom. The number of nitrogens with zero attached hydrogens (tertiary/aromatic N) is 5. The lowest BCUT2D eigenvalue weighted by Crippen LogP contribution is -2.39. The molecular formula is C8H11N5. The van der Waals surface area contributed by atoms with Gasteiger partial charge in [0.05, 0.1) is 25.2 Å². The van der Waals surface area contributed by atoms with Crippen LogP contribution in [-0.2, 0) is 13.1 Å². The third-order valence-corrected chi connectivity index (χ3v) is 2.37. The molecule has 5 heteroatoms. The van der Waals surface area contributed by atoms with Crippen LogP contribution >= 0.6 is 0 Å². The largest absolute Gasteiger partial charge is 0.279 e. The van der Waals surface area contributed by atoms with Crippen molar-refractivity contribution in [2.75, 3.05) is 6.54 Å². The highest BCUT2D eigenvalue weighted by Crippen LogP contribution is 2.10. The van der Waals surface area contributed by atoms with E-state index in [1.807, 2.05) is 11.6 Å². The van der Waals surface area contributed by atoms with E-state index in [-0.39, 0.29) is 6.04 Å². The van der Waals surface area contributed by atoms with Crippen molar-refractivity contribution in [1.82, 2.24) is 19.7 Å². The zero-order chi connectivity index (χ0) is 9.26. The first kappa shape index (κ1) is 8.20. The minimum atomic E-state index is -0.0366. The summed E-state index contributed by atoms with van der Waals surface area (Å²) in [6, 6.07) is 2.19. The molecule has 1 unspecified atom stereocenters. The molecule has 0 bridgehead atoms. The van der Waals surface area contributed by atoms with E-state index in [1.165, 1.54) is 0 Å². The first-order valence-electron chi connectivity index (χ1n) is 4.31. The monoisotopic (exact) mass is 177 g/mol. The summed E-state index contributed by atoms with van der Waals surface area (Å²) in [5.41, 5.74) is 0. The van der Waals surface area contributed by atoms with E-state index in [1.54, 1.807) is 6.33 Å². The van der Waals surface area contributed by atoms with Crippen LogP contribution in [0.25, 0.3) is 0 Å². The van der Waals surface area contributed by atoms with Gasteiger partial charge in [0.15, 0.2) is 0 Å². The molecule has 0 saturated carbocycles. The minimum absolute atomic E-state index is 0.0366. The summed E-state index contributed by atoms with van der Waals surface area (Å²) in [5, 5.41) is 12.8. The summed E-state index contributed by atoms with van der Waals surface area (Å²) in [7, 11) is 0. The van der Waals surface area contributed by atoms with Crippen LogP contribution in [-0.4, -0.2) is 32.3 Å². The van der Waals surface area contributed by atoms with Crippen molar-refractivity contribution in [3.8, 4) is 6.07 Å². The van der Waals surface area contributed by atoms with Crippen LogP contribution in [0.5, 0.6) is 0 Å². The second-order valence-electron chi connectivity index (χ2n) is 3.17. The fourth-order valence-electron chi connectivity index (χ4n) is 1.49. The Hall–Kier alpha value is -1.41. The van der Waals surface area contributed by atoms with E-state index in [0.717, 1.165) is 25.5 Å². The van der Waals surface area contributed by atoms with Gasteiger partial charge in [0.25, 0.3) is 0 Å². The van der Waals surface area contributed by atoms with Crippen molar-refractivity contribution in [3.05, 3.63) is 12.2 Å². The Kier molecular flexibility index (Phi) is 1.99. The fraction of sp³-hybridized carbons (Fsp3) is 0.625. The Morgan fingerprint density at radius 1 is 1.62 bits per heavy atom. The second-order valence-corrected chi connectivity index (χ2v) is 3.17. The molecule has 0 radical (unpaired) electrons. The van der Waals surface area contributed by atoms with Crippen LogP contribution in [0.4, 0.5) is 0 Å². The van der Waals surface area contributed by atoms with Crippen LogP contribution in [0.15, 0.2) is 6.33 Å². The fourth-order valence-corrected chi connectivity index (χ4v) is 1.49. The molecule has 2 rings (SSSR count). The van der Waals surface area contributed by atoms with E-state index in [2.05, 4.69) is 21.1 Å². The zero-order valence-electron chi connectivity index (χ0n) is 7.51. The van der Waals surface area contributed by atoms with Crippen molar-refractivity contribution in [2.24, 2.45) is 0 Å². The summed E-state index contributed by atoms with van der Waals surface area (Å²) in [6.07, 6.45) is 1.57. The second kappa shape index (κ2) is 3.15. The van der Waals surface area contributed by atoms with Crippen LogP contribution in [0.2, 0.25) is 0 Å². The summed E-state index contributed by atoms with van der Waals surface area (Å²) < 4.78 is 1.89. The van der Waals surface area contributed by atoms with Crippen molar-refractivity contribution in [2.45, 2.75) is 26.1 Å². The summed E-state index contributed by atoms with van der Waals surface area (Å²) in [5.74, 6) is 0.952. The Labute approximate surface area is 76.6 Å². The molecule has 0 saturated heterocycles. The van der Waals surface area contributed by atoms with E-state index in [0.29, 0.717) is 0 Å². The Bertz CT molecular complexity index is 337. The Morgan fingerprint density at radius 3 is 3.23 bits per heavy atom. The third kappa shape index (κ3) is 1.40. The lowest BCUT2D eigenvalue weighted by Gasteiger charge is -2.28. The van der Waals surface area contributed by atoms with Gasteiger partial charge in [0.2, 0.25) is 0 Å². The zero-order valence-corrected chi connectivity index (χ0v) is 7.51. The highest BCUT2D eigenvalue weighted by molar-refractivity contribution is 4.95. The lowest BCUT2D eigenvalue weighted by molar-refractivity contribution is 0.186. The van der Waals surface area contributed by atoms with Gasteiger partial charge in [-0.15, -0.1) is 0 Å². The molecule has 1 aliphatic heterocycles. The lowest BCUT2D eigenvalue weighted by atomic mass is 10.2. The number of nitriles is 1. The molecule has 13 heavy (non-hydrogen) atoms. The highest BCUT2D eigenvalue weighted by atomic mass is 15.4. The molecule has 0 fully saturated rings. The predicted molar refractivity (Wildman–Crippen MR) is 45.5 cm³/mol. The average Bonchev–Trinajstić information content (AvgIpc) is 2.63. The molecule has 68 valence electrons. The standard InChI is InChI=1S/C8H11N5/c1-7(4-9)12-2-3-13-8(5-12)10-6-11-13/h6-7H,2-3,5H2,1H3. The van der Waals surface area contributed by atoms with Gasteiger partial charge in [0.1, 0.15) is 12.2 Å². The molecule has 0 amide bonds. The van der Waals surface area contributed by atoms with Gasteiger partial charge in [-0.1, -0.05) is 0 Å². The Balaban J connectivity index is 2.14. The number of hydrogen-bond acceptors (Lipinski definition) is 4. The summed E-state index contributed by atoms with van der Waals surface area (Å²) in [4.78, 5) is 6.23. The number of aromatic nitrogens is 3. The minimum Gasteiger partial charge on any atom is -0.279 e. The quantitative estimate of drug-likeness (QED) is 0.606. The predicted octanol–water partition coefficient (Wildman–Crippen LogP) is 0.00578. The molecular weight excluding hydrogens is 166 g/mol. The molecule has 5 nitrogen and oxygen atoms in total. The highest BCUT2D eigenvalue weighted by Gasteiger charge is 2.21. The van der Waals surface area contributed by atoms with Crippen molar-refractivity contribution in [1.29, 1.82) is 5.26 Å². The first-order chi connectivity index (χ1) is 6.31. The molecule has 1 atom stereocenters. The maximum atomic E-state index is 8.75. The average molecular weight is 177 g/mol. The molecule has 0 spiro atoms. The van der Waals surface area contributed by atoms with E-state index < -0.39 is 0 Å². The molecule has 2 heterocycles. The molecule has 1 aromatic rings. The van der Waals surface area contributed by atoms with E-state index in [4.69, 9.17) is 5.26 Å². The van der Waals surface area contributed by atoms with Gasteiger partial charge in [-0.3, -0.25) is 4.90 Å². The van der Waals surface area contributed by atoms with Crippen LogP contribution in [0.3, 0.4) is 0 Å². The number of fused-ring (bicyclic) bond motifs is 1. The van der Waals surface area contributed by atoms with Crippen LogP contribution in [0, 0.1) is 11.3 Å². The first-order valence-corrected chi connectivity index (χ1v) is 4.31. The molecule has 1 aliphatic rings. The van der Waals surface area contributed by atoms with E-state index >= 15 is 0 Å². The maximum absolute atomic E-state index is 8.75. The normalized spacial score (nSPS) is 19.1. The van der Waals surface area contributed by atoms with Gasteiger partial charge in [-0.05, 0) is 6.92 Å². The summed E-state index contributed by atoms with van der Waals surface area (Å²) >= 11 is 0. The van der Waals surface area contributed by atoms with Crippen molar-refractivity contribution < 1.29 is 0 Å². The molecule has 0 N–H and O–H groups in total. The van der Waals surface area contributed by atoms with Crippen LogP contribution in [0.1, 0.15) is 12.7 Å². The van der Waals surface area contributed by atoms with Gasteiger partial charge in [-0.2, -0.15) is 10.4 Å². The number of hydrogen-bond donors (Lipinski definition) is 0. The van der Waals surface area contributed by atoms with Gasteiger partial charge < -0.3 is 0 Å². The smallest absolute Gasteiger partial charge is 0.141 e. The van der Waals surface area contributed by atoms with E-state index in [9.17, 15) is 0 Å². The number of rotatable bonds is 1. The van der Waals surface area contributed by atoms with Gasteiger partial charge >= 0.3 is 0 Å². The molecule has 0 aliphatic carbocycles. The van der Waals surface area contributed by atoms with Crippen molar-refractivity contribution >= 4 is 0 Å². The van der Waals surface area contributed by atoms with Crippen LogP contribution < -0.4 is 0 Å². The van der Waals surface area contributed by atoms with Gasteiger partial charge in [-0.25, -0.2) is 9.67 Å². The topological polar surface area (TPSA) is 57.7 Å². The molecule has 1 aromatic heterocycles. The maximum Gasteiger partial charge on any atom is 0.141 e.